The van der Waals surface area contributed by atoms with E-state index in [1.807, 2.05) is 26.0 Å². The van der Waals surface area contributed by atoms with Gasteiger partial charge in [-0.2, -0.15) is 0 Å². The topological polar surface area (TPSA) is 54.0 Å². The molecular weight excluding hydrogens is 308 g/mol. The molecule has 0 spiro atoms. The first kappa shape index (κ1) is 20.5. The Labute approximate surface area is 145 Å². The van der Waals surface area contributed by atoms with Crippen LogP contribution in [0.15, 0.2) is 24.3 Å². The van der Waals surface area contributed by atoms with Crippen molar-refractivity contribution in [1.29, 1.82) is 0 Å². The second-order valence-electron chi connectivity index (χ2n) is 5.41. The summed E-state index contributed by atoms with van der Waals surface area (Å²) in [5.41, 5.74) is 0.594. The van der Waals surface area contributed by atoms with Crippen LogP contribution in [-0.2, 0) is 24.8 Å². The molecule has 0 aliphatic carbocycles. The largest absolute Gasteiger partial charge is 0.494 e. The van der Waals surface area contributed by atoms with E-state index in [1.54, 1.807) is 12.1 Å². The molecule has 0 fully saturated rings. The van der Waals surface area contributed by atoms with Crippen LogP contribution in [0.2, 0.25) is 0 Å². The highest BCUT2D eigenvalue weighted by Crippen LogP contribution is 2.30. The third-order valence-corrected chi connectivity index (χ3v) is 3.65. The van der Waals surface area contributed by atoms with E-state index < -0.39 is 11.8 Å². The lowest BCUT2D eigenvalue weighted by molar-refractivity contribution is -0.250. The molecule has 0 aliphatic rings. The zero-order valence-electron chi connectivity index (χ0n) is 15.3. The third kappa shape index (κ3) is 5.49. The van der Waals surface area contributed by atoms with Gasteiger partial charge >= 0.3 is 5.97 Å². The summed E-state index contributed by atoms with van der Waals surface area (Å²) in [5.74, 6) is -1.33. The average Bonchev–Trinajstić information content (AvgIpc) is 2.61. The molecule has 24 heavy (non-hydrogen) atoms. The zero-order valence-corrected chi connectivity index (χ0v) is 15.3. The van der Waals surface area contributed by atoms with Gasteiger partial charge in [-0.15, -0.1) is 0 Å². The Morgan fingerprint density at radius 1 is 0.958 bits per heavy atom. The Kier molecular flexibility index (Phi) is 9.42. The Bertz CT molecular complexity index is 463. The van der Waals surface area contributed by atoms with Crippen LogP contribution >= 0.6 is 0 Å². The maximum Gasteiger partial charge on any atom is 0.371 e. The van der Waals surface area contributed by atoms with Crippen molar-refractivity contribution >= 4 is 5.97 Å². The molecule has 0 amide bonds. The lowest BCUT2D eigenvalue weighted by atomic mass is 10.1. The molecule has 1 rings (SSSR count). The van der Waals surface area contributed by atoms with Crippen LogP contribution in [-0.4, -0.2) is 32.9 Å². The van der Waals surface area contributed by atoms with Gasteiger partial charge in [0.1, 0.15) is 5.75 Å². The second-order valence-corrected chi connectivity index (χ2v) is 5.41. The molecule has 0 saturated carbocycles. The Morgan fingerprint density at radius 3 is 2.08 bits per heavy atom. The minimum atomic E-state index is -1.53. The van der Waals surface area contributed by atoms with E-state index in [0.29, 0.717) is 25.4 Å². The standard InChI is InChI=1S/C19H30O5/c1-5-8-9-10-15-22-17-13-11-16(12-14-17)19(23-6-2,24-7-3)18(20)21-4/h11-14H,5-10,15H2,1-4H3. The number of ether oxygens (including phenoxy) is 4. The number of esters is 1. The molecule has 1 aromatic carbocycles. The van der Waals surface area contributed by atoms with Crippen molar-refractivity contribution in [3.63, 3.8) is 0 Å². The summed E-state index contributed by atoms with van der Waals surface area (Å²) >= 11 is 0. The summed E-state index contributed by atoms with van der Waals surface area (Å²) in [6.07, 6.45) is 4.65. The van der Waals surface area contributed by atoms with Crippen molar-refractivity contribution in [2.45, 2.75) is 52.2 Å². The van der Waals surface area contributed by atoms with Crippen LogP contribution < -0.4 is 4.74 Å². The summed E-state index contributed by atoms with van der Waals surface area (Å²) in [6, 6.07) is 7.21. The summed E-state index contributed by atoms with van der Waals surface area (Å²) < 4.78 is 21.9. The van der Waals surface area contributed by atoms with Crippen LogP contribution in [0.5, 0.6) is 5.75 Å². The Balaban J connectivity index is 2.83. The first-order valence-corrected chi connectivity index (χ1v) is 8.74. The highest BCUT2D eigenvalue weighted by Gasteiger charge is 2.44. The Hall–Kier alpha value is -1.59. The molecule has 1 aromatic rings. The molecule has 0 aromatic heterocycles. The lowest BCUT2D eigenvalue weighted by Gasteiger charge is -2.30. The molecule has 0 saturated heterocycles. The van der Waals surface area contributed by atoms with Gasteiger partial charge in [-0.3, -0.25) is 0 Å². The van der Waals surface area contributed by atoms with Gasteiger partial charge in [-0.1, -0.05) is 26.2 Å². The van der Waals surface area contributed by atoms with Gasteiger partial charge in [0.2, 0.25) is 0 Å². The first-order chi connectivity index (χ1) is 11.6. The molecule has 0 radical (unpaired) electrons. The van der Waals surface area contributed by atoms with E-state index in [4.69, 9.17) is 18.9 Å². The number of hydrogen-bond donors (Lipinski definition) is 0. The van der Waals surface area contributed by atoms with Crippen LogP contribution in [0.25, 0.3) is 0 Å². The lowest BCUT2D eigenvalue weighted by Crippen LogP contribution is -2.42. The maximum atomic E-state index is 12.3. The van der Waals surface area contributed by atoms with E-state index in [1.165, 1.54) is 26.4 Å². The first-order valence-electron chi connectivity index (χ1n) is 8.74. The van der Waals surface area contributed by atoms with Crippen molar-refractivity contribution < 1.29 is 23.7 Å². The smallest absolute Gasteiger partial charge is 0.371 e. The molecular formula is C19H30O5. The van der Waals surface area contributed by atoms with E-state index in [9.17, 15) is 4.79 Å². The van der Waals surface area contributed by atoms with Gasteiger partial charge in [0.15, 0.2) is 0 Å². The number of methoxy groups -OCH3 is 1. The molecule has 0 atom stereocenters. The van der Waals surface area contributed by atoms with Gasteiger partial charge in [0.05, 0.1) is 13.7 Å². The fraction of sp³-hybridized carbons (Fsp3) is 0.632. The normalized spacial score (nSPS) is 11.3. The highest BCUT2D eigenvalue weighted by atomic mass is 16.7. The van der Waals surface area contributed by atoms with Crippen molar-refractivity contribution in [3.8, 4) is 5.75 Å². The molecule has 0 N–H and O–H groups in total. The van der Waals surface area contributed by atoms with Crippen LogP contribution in [0.3, 0.4) is 0 Å². The predicted octanol–water partition coefficient (Wildman–Crippen LogP) is 4.04. The van der Waals surface area contributed by atoms with Crippen molar-refractivity contribution in [2.75, 3.05) is 26.9 Å². The van der Waals surface area contributed by atoms with Crippen molar-refractivity contribution in [2.24, 2.45) is 0 Å². The van der Waals surface area contributed by atoms with E-state index in [2.05, 4.69) is 6.92 Å². The van der Waals surface area contributed by atoms with Gasteiger partial charge in [0, 0.05) is 18.8 Å². The molecule has 136 valence electrons. The molecule has 0 unspecified atom stereocenters. The van der Waals surface area contributed by atoms with Gasteiger partial charge < -0.3 is 18.9 Å². The van der Waals surface area contributed by atoms with Gasteiger partial charge in [-0.25, -0.2) is 4.79 Å². The highest BCUT2D eigenvalue weighted by molar-refractivity contribution is 5.79. The molecule has 0 aliphatic heterocycles. The third-order valence-electron chi connectivity index (χ3n) is 3.65. The zero-order chi connectivity index (χ0) is 17.8. The number of benzene rings is 1. The van der Waals surface area contributed by atoms with Crippen LogP contribution in [0, 0.1) is 0 Å². The monoisotopic (exact) mass is 338 g/mol. The molecule has 0 bridgehead atoms. The number of carbonyl (C=O) groups excluding carboxylic acids is 1. The van der Waals surface area contributed by atoms with Crippen molar-refractivity contribution in [3.05, 3.63) is 29.8 Å². The van der Waals surface area contributed by atoms with Crippen LogP contribution in [0.1, 0.15) is 52.0 Å². The summed E-state index contributed by atoms with van der Waals surface area (Å²) in [6.45, 7) is 7.15. The quantitative estimate of drug-likeness (QED) is 0.327. The Morgan fingerprint density at radius 2 is 1.58 bits per heavy atom. The summed E-state index contributed by atoms with van der Waals surface area (Å²) in [7, 11) is 1.32. The van der Waals surface area contributed by atoms with E-state index in [-0.39, 0.29) is 0 Å². The van der Waals surface area contributed by atoms with E-state index in [0.717, 1.165) is 12.2 Å². The van der Waals surface area contributed by atoms with Gasteiger partial charge in [-0.05, 0) is 44.5 Å². The van der Waals surface area contributed by atoms with Gasteiger partial charge in [0.25, 0.3) is 5.79 Å². The fourth-order valence-electron chi connectivity index (χ4n) is 2.47. The average molecular weight is 338 g/mol. The predicted molar refractivity (Wildman–Crippen MR) is 93.0 cm³/mol. The summed E-state index contributed by atoms with van der Waals surface area (Å²) in [5, 5.41) is 0. The minimum absolute atomic E-state index is 0.324. The number of carbonyl (C=O) groups is 1. The minimum Gasteiger partial charge on any atom is -0.494 e. The SMILES string of the molecule is CCCCCCOc1ccc(C(OCC)(OCC)C(=O)OC)cc1. The number of hydrogen-bond acceptors (Lipinski definition) is 5. The molecule has 5 heteroatoms. The summed E-state index contributed by atoms with van der Waals surface area (Å²) in [4.78, 5) is 12.3. The molecule has 5 nitrogen and oxygen atoms in total. The number of unbranched alkanes of at least 4 members (excludes halogenated alkanes) is 3. The van der Waals surface area contributed by atoms with Crippen LogP contribution in [0.4, 0.5) is 0 Å². The molecule has 0 heterocycles. The fourth-order valence-corrected chi connectivity index (χ4v) is 2.47. The number of rotatable bonds is 12. The van der Waals surface area contributed by atoms with Crippen molar-refractivity contribution in [1.82, 2.24) is 0 Å². The van der Waals surface area contributed by atoms with E-state index >= 15 is 0 Å². The maximum absolute atomic E-state index is 12.3. The second kappa shape index (κ2) is 11.0.